The summed E-state index contributed by atoms with van der Waals surface area (Å²) in [6.45, 7) is 6.27. The van der Waals surface area contributed by atoms with Gasteiger partial charge in [0.15, 0.2) is 0 Å². The molecule has 1 saturated heterocycles. The second kappa shape index (κ2) is 6.57. The van der Waals surface area contributed by atoms with Crippen molar-refractivity contribution in [2.45, 2.75) is 31.3 Å². The molecule has 5 heteroatoms. The predicted molar refractivity (Wildman–Crippen MR) is 85.0 cm³/mol. The van der Waals surface area contributed by atoms with Crippen LogP contribution in [0.15, 0.2) is 36.9 Å². The largest absolute Gasteiger partial charge is 0.489 e. The van der Waals surface area contributed by atoms with Gasteiger partial charge in [-0.2, -0.15) is 0 Å². The van der Waals surface area contributed by atoms with Crippen LogP contribution in [-0.4, -0.2) is 30.0 Å². The first-order chi connectivity index (χ1) is 9.90. The molecule has 0 aromatic heterocycles. The highest BCUT2D eigenvalue weighted by atomic mass is 31.0. The Kier molecular flexibility index (Phi) is 5.00. The number of piperidine rings is 1. The zero-order valence-corrected chi connectivity index (χ0v) is 13.4. The maximum absolute atomic E-state index is 13.9. The summed E-state index contributed by atoms with van der Waals surface area (Å²) in [6.07, 6.45) is 3.05. The van der Waals surface area contributed by atoms with Crippen LogP contribution in [0.1, 0.15) is 25.3 Å². The first kappa shape index (κ1) is 16.0. The van der Waals surface area contributed by atoms with Crippen molar-refractivity contribution in [2.24, 2.45) is 0 Å². The Bertz CT molecular complexity index is 527. The van der Waals surface area contributed by atoms with Crippen molar-refractivity contribution in [2.75, 3.05) is 13.1 Å². The smallest absolute Gasteiger partial charge is 0.246 e. The Hall–Kier alpha value is -1.41. The third-order valence-electron chi connectivity index (χ3n) is 3.57. The van der Waals surface area contributed by atoms with Crippen molar-refractivity contribution >= 4 is 15.1 Å². The Morgan fingerprint density at radius 3 is 3.05 bits per heavy atom. The van der Waals surface area contributed by atoms with Crippen LogP contribution in [0.25, 0.3) is 0 Å². The first-order valence-electron chi connectivity index (χ1n) is 7.06. The Morgan fingerprint density at radius 2 is 2.38 bits per heavy atom. The fourth-order valence-corrected chi connectivity index (χ4v) is 2.61. The standard InChI is InChI=1S/C16H21FNO2P/c1-3-15(19)18-9-5-8-14(11-18)20-13-7-4-6-12(10-13)16(2,17)21/h3-4,6-7,10,14H,1,5,8-9,11,21H2,2H3/t14-,16?/m1/s1. The van der Waals surface area contributed by atoms with E-state index in [-0.39, 0.29) is 12.0 Å². The molecule has 0 radical (unpaired) electrons. The van der Waals surface area contributed by atoms with Gasteiger partial charge in [0.1, 0.15) is 17.3 Å². The van der Waals surface area contributed by atoms with E-state index in [1.807, 2.05) is 6.07 Å². The van der Waals surface area contributed by atoms with Crippen LogP contribution in [0, 0.1) is 0 Å². The van der Waals surface area contributed by atoms with E-state index < -0.39 is 5.41 Å². The molecule has 0 spiro atoms. The molecule has 1 fully saturated rings. The maximum atomic E-state index is 13.9. The molecule has 21 heavy (non-hydrogen) atoms. The molecule has 1 aliphatic rings. The van der Waals surface area contributed by atoms with Gasteiger partial charge in [-0.15, -0.1) is 0 Å². The van der Waals surface area contributed by atoms with Crippen molar-refractivity contribution in [3.63, 3.8) is 0 Å². The lowest BCUT2D eigenvalue weighted by Gasteiger charge is -2.32. The van der Waals surface area contributed by atoms with Gasteiger partial charge < -0.3 is 9.64 Å². The van der Waals surface area contributed by atoms with Crippen LogP contribution < -0.4 is 4.74 Å². The van der Waals surface area contributed by atoms with Crippen molar-refractivity contribution in [3.05, 3.63) is 42.5 Å². The van der Waals surface area contributed by atoms with E-state index >= 15 is 0 Å². The van der Waals surface area contributed by atoms with Gasteiger partial charge in [-0.3, -0.25) is 4.79 Å². The molecule has 3 nitrogen and oxygen atoms in total. The molecule has 1 heterocycles. The summed E-state index contributed by atoms with van der Waals surface area (Å²) in [7, 11) is 2.18. The summed E-state index contributed by atoms with van der Waals surface area (Å²) < 4.78 is 19.8. The van der Waals surface area contributed by atoms with Gasteiger partial charge in [-0.05, 0) is 43.5 Å². The molecule has 0 saturated carbocycles. The lowest BCUT2D eigenvalue weighted by Crippen LogP contribution is -2.43. The number of carbonyl (C=O) groups excluding carboxylic acids is 1. The molecule has 1 aliphatic heterocycles. The van der Waals surface area contributed by atoms with E-state index in [1.54, 1.807) is 23.1 Å². The number of carbonyl (C=O) groups is 1. The molecule has 3 atom stereocenters. The molecule has 1 amide bonds. The SMILES string of the molecule is C=CC(=O)N1CCC[C@@H](Oc2cccc(C(C)(F)P)c2)C1. The number of amides is 1. The topological polar surface area (TPSA) is 29.5 Å². The highest BCUT2D eigenvalue weighted by molar-refractivity contribution is 7.18. The number of benzene rings is 1. The summed E-state index contributed by atoms with van der Waals surface area (Å²) in [4.78, 5) is 13.4. The minimum absolute atomic E-state index is 0.0618. The minimum Gasteiger partial charge on any atom is -0.489 e. The summed E-state index contributed by atoms with van der Waals surface area (Å²) in [5.41, 5.74) is 0.555. The molecule has 114 valence electrons. The zero-order valence-electron chi connectivity index (χ0n) is 12.2. The normalized spacial score (nSPS) is 21.5. The number of rotatable bonds is 4. The van der Waals surface area contributed by atoms with Crippen molar-refractivity contribution in [3.8, 4) is 5.75 Å². The van der Waals surface area contributed by atoms with Gasteiger partial charge in [-0.25, -0.2) is 4.39 Å². The van der Waals surface area contributed by atoms with Crippen molar-refractivity contribution in [1.82, 2.24) is 4.90 Å². The number of nitrogens with zero attached hydrogens (tertiary/aromatic N) is 1. The minimum atomic E-state index is -1.48. The summed E-state index contributed by atoms with van der Waals surface area (Å²) in [5.74, 6) is 0.565. The monoisotopic (exact) mass is 309 g/mol. The van der Waals surface area contributed by atoms with Crippen LogP contribution in [0.2, 0.25) is 0 Å². The van der Waals surface area contributed by atoms with E-state index in [9.17, 15) is 9.18 Å². The Balaban J connectivity index is 2.04. The lowest BCUT2D eigenvalue weighted by molar-refractivity contribution is -0.128. The average molecular weight is 309 g/mol. The number of likely N-dealkylation sites (tertiary alicyclic amines) is 1. The van der Waals surface area contributed by atoms with E-state index in [0.29, 0.717) is 17.9 Å². The van der Waals surface area contributed by atoms with Gasteiger partial charge in [0.25, 0.3) is 0 Å². The van der Waals surface area contributed by atoms with E-state index in [1.165, 1.54) is 13.0 Å². The van der Waals surface area contributed by atoms with E-state index in [4.69, 9.17) is 4.74 Å². The number of hydrogen-bond acceptors (Lipinski definition) is 2. The summed E-state index contributed by atoms with van der Waals surface area (Å²) in [6, 6.07) is 7.03. The van der Waals surface area contributed by atoms with Crippen LogP contribution in [0.5, 0.6) is 5.75 Å². The summed E-state index contributed by atoms with van der Waals surface area (Å²) >= 11 is 0. The Labute approximate surface area is 127 Å². The highest BCUT2D eigenvalue weighted by Crippen LogP contribution is 2.34. The lowest BCUT2D eigenvalue weighted by atomic mass is 10.1. The molecule has 0 N–H and O–H groups in total. The number of halogens is 1. The molecule has 2 unspecified atom stereocenters. The first-order valence-corrected chi connectivity index (χ1v) is 7.64. The van der Waals surface area contributed by atoms with Crippen LogP contribution in [0.4, 0.5) is 4.39 Å². The van der Waals surface area contributed by atoms with Crippen LogP contribution in [0.3, 0.4) is 0 Å². The van der Waals surface area contributed by atoms with E-state index in [2.05, 4.69) is 15.8 Å². The molecular weight excluding hydrogens is 288 g/mol. The second-order valence-corrected chi connectivity index (χ2v) is 6.56. The maximum Gasteiger partial charge on any atom is 0.246 e. The third-order valence-corrected chi connectivity index (χ3v) is 3.90. The fourth-order valence-electron chi connectivity index (χ4n) is 2.43. The third kappa shape index (κ3) is 4.28. The molecule has 2 rings (SSSR count). The van der Waals surface area contributed by atoms with Crippen LogP contribution in [-0.2, 0) is 10.2 Å². The van der Waals surface area contributed by atoms with Gasteiger partial charge in [0.2, 0.25) is 5.91 Å². The van der Waals surface area contributed by atoms with Gasteiger partial charge in [-0.1, -0.05) is 28.0 Å². The number of hydrogen-bond donors (Lipinski definition) is 0. The Morgan fingerprint density at radius 1 is 1.62 bits per heavy atom. The molecular formula is C16H21FNO2P. The van der Waals surface area contributed by atoms with Gasteiger partial charge in [0, 0.05) is 6.54 Å². The molecule has 0 aliphatic carbocycles. The van der Waals surface area contributed by atoms with Crippen LogP contribution >= 0.6 is 9.24 Å². The quantitative estimate of drug-likeness (QED) is 0.631. The number of ether oxygens (including phenoxy) is 1. The second-order valence-electron chi connectivity index (χ2n) is 5.47. The average Bonchev–Trinajstić information content (AvgIpc) is 2.46. The molecule has 0 bridgehead atoms. The number of alkyl halides is 1. The fraction of sp³-hybridized carbons (Fsp3) is 0.438. The van der Waals surface area contributed by atoms with Crippen molar-refractivity contribution in [1.29, 1.82) is 0 Å². The van der Waals surface area contributed by atoms with E-state index in [0.717, 1.165) is 19.4 Å². The highest BCUT2D eigenvalue weighted by Gasteiger charge is 2.24. The van der Waals surface area contributed by atoms with Crippen molar-refractivity contribution < 1.29 is 13.9 Å². The zero-order chi connectivity index (χ0) is 15.5. The van der Waals surface area contributed by atoms with Gasteiger partial charge >= 0.3 is 0 Å². The predicted octanol–water partition coefficient (Wildman–Crippen LogP) is 3.26. The molecule has 1 aromatic carbocycles. The summed E-state index contributed by atoms with van der Waals surface area (Å²) in [5, 5.41) is -1.48. The molecule has 1 aromatic rings. The van der Waals surface area contributed by atoms with Gasteiger partial charge in [0.05, 0.1) is 6.54 Å².